The molecule has 1 saturated carbocycles. The van der Waals surface area contributed by atoms with Gasteiger partial charge in [0, 0.05) is 51.2 Å². The minimum atomic E-state index is -2.81. The number of aromatic nitrogens is 5. The van der Waals surface area contributed by atoms with Crippen LogP contribution in [0.4, 0.5) is 20.3 Å². The van der Waals surface area contributed by atoms with Crippen LogP contribution in [0, 0.1) is 0 Å². The third kappa shape index (κ3) is 4.66. The molecular formula is C26H33F2N9O2. The normalized spacial score (nSPS) is 27.6. The summed E-state index contributed by atoms with van der Waals surface area (Å²) in [6.45, 7) is 5.56. The van der Waals surface area contributed by atoms with Crippen LogP contribution in [-0.4, -0.2) is 92.7 Å². The van der Waals surface area contributed by atoms with Gasteiger partial charge in [-0.15, -0.1) is 0 Å². The van der Waals surface area contributed by atoms with Crippen molar-refractivity contribution in [1.29, 1.82) is 0 Å². The van der Waals surface area contributed by atoms with E-state index in [1.165, 1.54) is 10.7 Å². The molecule has 0 radical (unpaired) electrons. The maximum Gasteiger partial charge on any atom is 0.284 e. The summed E-state index contributed by atoms with van der Waals surface area (Å²) in [5.74, 6) is 0.218. The van der Waals surface area contributed by atoms with Crippen molar-refractivity contribution >= 4 is 23.1 Å². The molecule has 4 fully saturated rings. The first-order valence-electron chi connectivity index (χ1n) is 13.9. The molecule has 2 bridgehead atoms. The molecule has 7 rings (SSSR count). The summed E-state index contributed by atoms with van der Waals surface area (Å²) in [6.07, 6.45) is 6.88. The molecule has 0 unspecified atom stereocenters. The van der Waals surface area contributed by atoms with Crippen molar-refractivity contribution in [2.75, 3.05) is 49.5 Å². The van der Waals surface area contributed by atoms with Gasteiger partial charge in [-0.2, -0.15) is 10.2 Å². The van der Waals surface area contributed by atoms with E-state index in [1.807, 2.05) is 6.07 Å². The lowest BCUT2D eigenvalue weighted by molar-refractivity contribution is 0.0988. The number of fused-ring (bicyclic) bond motifs is 3. The summed E-state index contributed by atoms with van der Waals surface area (Å²) in [5.41, 5.74) is 0.224. The second-order valence-corrected chi connectivity index (χ2v) is 11.0. The number of hydrogen-bond donors (Lipinski definition) is 2. The average Bonchev–Trinajstić information content (AvgIpc) is 3.77. The van der Waals surface area contributed by atoms with Gasteiger partial charge in [-0.3, -0.25) is 14.4 Å². The molecule has 39 heavy (non-hydrogen) atoms. The van der Waals surface area contributed by atoms with Crippen molar-refractivity contribution in [3.63, 3.8) is 0 Å². The summed E-state index contributed by atoms with van der Waals surface area (Å²) in [6, 6.07) is 2.71. The number of amides is 1. The number of carbonyl (C=O) groups is 1. The molecular weight excluding hydrogens is 508 g/mol. The van der Waals surface area contributed by atoms with E-state index in [9.17, 15) is 13.6 Å². The van der Waals surface area contributed by atoms with Gasteiger partial charge in [-0.25, -0.2) is 18.3 Å². The number of ether oxygens (including phenoxy) is 1. The average molecular weight is 542 g/mol. The molecule has 0 spiro atoms. The Bertz CT molecular complexity index is 1350. The van der Waals surface area contributed by atoms with Gasteiger partial charge < -0.3 is 20.3 Å². The summed E-state index contributed by atoms with van der Waals surface area (Å²) in [7, 11) is 0. The Kier molecular flexibility index (Phi) is 6.44. The van der Waals surface area contributed by atoms with Crippen LogP contribution in [0.2, 0.25) is 0 Å². The lowest BCUT2D eigenvalue weighted by Gasteiger charge is -2.39. The number of nitrogens with zero attached hydrogens (tertiary/aromatic N) is 7. The topological polar surface area (TPSA) is 105 Å². The lowest BCUT2D eigenvalue weighted by Crippen LogP contribution is -2.49. The lowest BCUT2D eigenvalue weighted by atomic mass is 9.90. The number of nitrogens with one attached hydrogen (secondary N) is 2. The molecule has 3 aromatic rings. The van der Waals surface area contributed by atoms with Crippen molar-refractivity contribution in [1.82, 2.24) is 34.6 Å². The zero-order chi connectivity index (χ0) is 26.5. The molecule has 0 aromatic carbocycles. The molecule has 6 heterocycles. The van der Waals surface area contributed by atoms with E-state index in [2.05, 4.69) is 30.6 Å². The number of hydrogen-bond acceptors (Lipinski definition) is 8. The predicted octanol–water partition coefficient (Wildman–Crippen LogP) is 2.48. The van der Waals surface area contributed by atoms with Crippen molar-refractivity contribution in [2.24, 2.45) is 0 Å². The van der Waals surface area contributed by atoms with E-state index in [-0.39, 0.29) is 29.4 Å². The first kappa shape index (κ1) is 24.9. The molecule has 2 N–H and O–H groups in total. The molecule has 3 saturated heterocycles. The second-order valence-electron chi connectivity index (χ2n) is 11.0. The Labute approximate surface area is 224 Å². The van der Waals surface area contributed by atoms with Crippen LogP contribution in [0.3, 0.4) is 0 Å². The number of rotatable bonds is 6. The maximum atomic E-state index is 14.0. The van der Waals surface area contributed by atoms with E-state index in [1.54, 1.807) is 17.1 Å². The van der Waals surface area contributed by atoms with E-state index in [0.29, 0.717) is 18.3 Å². The minimum Gasteiger partial charge on any atom is -0.374 e. The maximum absolute atomic E-state index is 14.0. The molecule has 13 heteroatoms. The summed E-state index contributed by atoms with van der Waals surface area (Å²) >= 11 is 0. The molecule has 208 valence electrons. The second kappa shape index (κ2) is 10.1. The smallest absolute Gasteiger partial charge is 0.284 e. The predicted molar refractivity (Wildman–Crippen MR) is 139 cm³/mol. The zero-order valence-electron chi connectivity index (χ0n) is 21.7. The van der Waals surface area contributed by atoms with Gasteiger partial charge in [0.2, 0.25) is 0 Å². The monoisotopic (exact) mass is 541 g/mol. The molecule has 1 amide bonds. The van der Waals surface area contributed by atoms with Gasteiger partial charge in [-0.05, 0) is 38.2 Å². The number of carbonyl (C=O) groups excluding carboxylic acids is 1. The first-order valence-corrected chi connectivity index (χ1v) is 13.9. The van der Waals surface area contributed by atoms with Crippen LogP contribution < -0.4 is 15.5 Å². The Morgan fingerprint density at radius 1 is 1.13 bits per heavy atom. The Morgan fingerprint density at radius 2 is 1.92 bits per heavy atom. The van der Waals surface area contributed by atoms with E-state index in [0.717, 1.165) is 70.6 Å². The van der Waals surface area contributed by atoms with Gasteiger partial charge in [0.15, 0.2) is 11.3 Å². The van der Waals surface area contributed by atoms with Crippen LogP contribution in [-0.2, 0) is 4.74 Å². The highest BCUT2D eigenvalue weighted by Crippen LogP contribution is 2.35. The molecule has 3 aromatic heterocycles. The Morgan fingerprint density at radius 3 is 2.64 bits per heavy atom. The molecule has 11 nitrogen and oxygen atoms in total. The fourth-order valence-electron chi connectivity index (χ4n) is 6.63. The zero-order valence-corrected chi connectivity index (χ0v) is 21.7. The summed E-state index contributed by atoms with van der Waals surface area (Å²) in [5, 5.41) is 14.5. The quantitative estimate of drug-likeness (QED) is 0.491. The fourth-order valence-corrected chi connectivity index (χ4v) is 6.63. The van der Waals surface area contributed by atoms with Gasteiger partial charge in [0.05, 0.1) is 36.7 Å². The van der Waals surface area contributed by atoms with E-state index in [4.69, 9.17) is 9.72 Å². The number of morpholine rings is 1. The number of alkyl halides is 2. The van der Waals surface area contributed by atoms with Crippen LogP contribution >= 0.6 is 0 Å². The third-order valence-electron chi connectivity index (χ3n) is 8.72. The Balaban J connectivity index is 1.08. The van der Waals surface area contributed by atoms with Crippen molar-refractivity contribution in [2.45, 2.75) is 62.8 Å². The van der Waals surface area contributed by atoms with Crippen molar-refractivity contribution in [3.8, 4) is 0 Å². The fraction of sp³-hybridized carbons (Fsp3) is 0.615. The largest absolute Gasteiger partial charge is 0.374 e. The molecule has 2 atom stereocenters. The van der Waals surface area contributed by atoms with Gasteiger partial charge in [-0.1, -0.05) is 0 Å². The molecule has 3 aliphatic heterocycles. The standard InChI is InChI=1S/C26H33F2N9O2/c27-24(28)23-21(14-37(33-23)17-3-1-16(2-4-17)34-9-6-29-7-10-34)31-26(38)20-12-30-36-8-5-22(32-25(20)36)35-13-19-11-18(35)15-39-19/h5,8,12,14,16-19,24,29H,1-4,6-7,9-11,13,15H2,(H,31,38)/t16-,17-,18-,19-/m1/s1. The first-order chi connectivity index (χ1) is 19.0. The van der Waals surface area contributed by atoms with Crippen molar-refractivity contribution < 1.29 is 18.3 Å². The van der Waals surface area contributed by atoms with Gasteiger partial charge in [0.25, 0.3) is 12.3 Å². The summed E-state index contributed by atoms with van der Waals surface area (Å²) < 4.78 is 36.8. The van der Waals surface area contributed by atoms with Crippen LogP contribution in [0.1, 0.15) is 60.6 Å². The minimum absolute atomic E-state index is 0.0312. The van der Waals surface area contributed by atoms with Crippen LogP contribution in [0.25, 0.3) is 5.65 Å². The van der Waals surface area contributed by atoms with Gasteiger partial charge in [0.1, 0.15) is 11.4 Å². The highest BCUT2D eigenvalue weighted by Gasteiger charge is 2.40. The third-order valence-corrected chi connectivity index (χ3v) is 8.72. The highest BCUT2D eigenvalue weighted by atomic mass is 19.3. The number of anilines is 2. The van der Waals surface area contributed by atoms with E-state index < -0.39 is 18.0 Å². The molecule has 4 aliphatic rings. The van der Waals surface area contributed by atoms with Crippen molar-refractivity contribution in [3.05, 3.63) is 35.9 Å². The Hall–Kier alpha value is -3.16. The highest BCUT2D eigenvalue weighted by molar-refractivity contribution is 6.08. The van der Waals surface area contributed by atoms with Gasteiger partial charge >= 0.3 is 0 Å². The van der Waals surface area contributed by atoms with E-state index >= 15 is 0 Å². The van der Waals surface area contributed by atoms with Crippen LogP contribution in [0.5, 0.6) is 0 Å². The van der Waals surface area contributed by atoms with Crippen LogP contribution in [0.15, 0.2) is 24.7 Å². The molecule has 1 aliphatic carbocycles. The number of halogens is 2. The summed E-state index contributed by atoms with van der Waals surface area (Å²) in [4.78, 5) is 22.7. The SMILES string of the molecule is O=C(Nc1cn([C@H]2CC[C@H](N3CCNCC3)CC2)nc1C(F)F)c1cnn2ccc(N3C[C@H]4C[C@@H]3CO4)nc12. The number of piperazine rings is 1.